The van der Waals surface area contributed by atoms with Crippen LogP contribution in [0.25, 0.3) is 11.3 Å². The molecule has 32 heavy (non-hydrogen) atoms. The third-order valence-corrected chi connectivity index (χ3v) is 6.54. The highest BCUT2D eigenvalue weighted by molar-refractivity contribution is 5.88. The highest BCUT2D eigenvalue weighted by atomic mass is 19.4. The van der Waals surface area contributed by atoms with Crippen LogP contribution in [-0.2, 0) is 0 Å². The molecule has 0 amide bonds. The number of alkyl halides is 3. The standard InChI is InChI=1S/C22H22F3N3O4/c1-21(2)10-17-12-7-16(26-5-3-4-6-26)19(32-22(23,24)25)8-13(12)15-9-18(29)14(20(30)31)11-27(15)28(17)21/h7-9,11,17H,3-6,10H2,1-2H3,(H,30,31). The average molecular weight is 449 g/mol. The number of aromatic nitrogens is 1. The summed E-state index contributed by atoms with van der Waals surface area (Å²) in [6, 6.07) is 4.11. The highest BCUT2D eigenvalue weighted by Gasteiger charge is 2.50. The molecule has 0 saturated carbocycles. The van der Waals surface area contributed by atoms with Gasteiger partial charge in [-0.3, -0.25) is 14.5 Å². The highest BCUT2D eigenvalue weighted by Crippen LogP contribution is 2.53. The number of benzene rings is 1. The van der Waals surface area contributed by atoms with Crippen LogP contribution >= 0.6 is 0 Å². The molecule has 1 unspecified atom stereocenters. The molecule has 0 aliphatic carbocycles. The molecule has 1 atom stereocenters. The van der Waals surface area contributed by atoms with Crippen molar-refractivity contribution < 1.29 is 27.8 Å². The summed E-state index contributed by atoms with van der Waals surface area (Å²) >= 11 is 0. The van der Waals surface area contributed by atoms with Gasteiger partial charge in [0.2, 0.25) is 0 Å². The second kappa shape index (κ2) is 6.66. The molecule has 0 bridgehead atoms. The van der Waals surface area contributed by atoms with Crippen LogP contribution in [0.5, 0.6) is 5.75 Å². The Kier molecular flexibility index (Phi) is 4.31. The number of nitrogens with zero attached hydrogens (tertiary/aromatic N) is 3. The molecule has 1 aromatic heterocycles. The molecular weight excluding hydrogens is 427 g/mol. The van der Waals surface area contributed by atoms with Gasteiger partial charge in [-0.25, -0.2) is 4.79 Å². The lowest BCUT2D eigenvalue weighted by Gasteiger charge is -2.60. The van der Waals surface area contributed by atoms with Crippen LogP contribution < -0.4 is 20.1 Å². The van der Waals surface area contributed by atoms with E-state index in [1.165, 1.54) is 18.3 Å². The number of rotatable bonds is 3. The SMILES string of the molecule is CC1(C)CC2c3cc(N4CCCC4)c(OC(F)(F)F)cc3-c3cc(=O)c(C(=O)O)cn3N21. The molecule has 0 radical (unpaired) electrons. The van der Waals surface area contributed by atoms with Crippen molar-refractivity contribution in [3.05, 3.63) is 45.7 Å². The summed E-state index contributed by atoms with van der Waals surface area (Å²) in [6.07, 6.45) is -1.10. The summed E-state index contributed by atoms with van der Waals surface area (Å²) in [5.74, 6) is -1.66. The maximum Gasteiger partial charge on any atom is 0.573 e. The van der Waals surface area contributed by atoms with Gasteiger partial charge in [0.1, 0.15) is 5.56 Å². The van der Waals surface area contributed by atoms with E-state index < -0.39 is 17.8 Å². The third-order valence-electron chi connectivity index (χ3n) is 6.54. The van der Waals surface area contributed by atoms with Crippen LogP contribution in [0.3, 0.4) is 0 Å². The molecule has 3 aliphatic heterocycles. The van der Waals surface area contributed by atoms with Crippen LogP contribution in [0.1, 0.15) is 55.1 Å². The lowest BCUT2D eigenvalue weighted by molar-refractivity contribution is -0.274. The molecule has 5 rings (SSSR count). The van der Waals surface area contributed by atoms with Gasteiger partial charge in [0.25, 0.3) is 0 Å². The first-order chi connectivity index (χ1) is 15.0. The van der Waals surface area contributed by atoms with E-state index in [4.69, 9.17) is 0 Å². The maximum atomic E-state index is 13.2. The fraction of sp³-hybridized carbons (Fsp3) is 0.455. The Balaban J connectivity index is 1.75. The number of carboxylic acid groups (broad SMARTS) is 1. The van der Waals surface area contributed by atoms with Gasteiger partial charge in [0, 0.05) is 30.9 Å². The largest absolute Gasteiger partial charge is 0.573 e. The van der Waals surface area contributed by atoms with Gasteiger partial charge in [0.05, 0.1) is 23.0 Å². The molecule has 1 aromatic carbocycles. The van der Waals surface area contributed by atoms with Crippen molar-refractivity contribution in [3.63, 3.8) is 0 Å². The van der Waals surface area contributed by atoms with E-state index in [0.717, 1.165) is 24.8 Å². The van der Waals surface area contributed by atoms with E-state index in [2.05, 4.69) is 4.74 Å². The summed E-state index contributed by atoms with van der Waals surface area (Å²) in [5, 5.41) is 11.4. The summed E-state index contributed by atoms with van der Waals surface area (Å²) in [6.45, 7) is 5.29. The average Bonchev–Trinajstić information content (AvgIpc) is 3.20. The predicted molar refractivity (Wildman–Crippen MR) is 111 cm³/mol. The van der Waals surface area contributed by atoms with E-state index in [1.54, 1.807) is 10.7 Å². The van der Waals surface area contributed by atoms with E-state index in [-0.39, 0.29) is 22.9 Å². The maximum absolute atomic E-state index is 13.2. The van der Waals surface area contributed by atoms with Crippen molar-refractivity contribution in [1.29, 1.82) is 0 Å². The second-order valence-corrected chi connectivity index (χ2v) is 9.11. The van der Waals surface area contributed by atoms with Crippen molar-refractivity contribution in [2.75, 3.05) is 23.0 Å². The fourth-order valence-corrected chi connectivity index (χ4v) is 5.20. The second-order valence-electron chi connectivity index (χ2n) is 9.11. The Hall–Kier alpha value is -3.17. The molecule has 0 spiro atoms. The molecule has 3 aliphatic rings. The van der Waals surface area contributed by atoms with Crippen LogP contribution in [-0.4, -0.2) is 40.7 Å². The Morgan fingerprint density at radius 2 is 1.88 bits per heavy atom. The predicted octanol–water partition coefficient (Wildman–Crippen LogP) is 3.89. The summed E-state index contributed by atoms with van der Waals surface area (Å²) in [7, 11) is 0. The monoisotopic (exact) mass is 449 g/mol. The molecule has 10 heteroatoms. The number of carboxylic acids is 1. The molecule has 2 fully saturated rings. The zero-order valence-corrected chi connectivity index (χ0v) is 17.6. The molecule has 7 nitrogen and oxygen atoms in total. The molecule has 170 valence electrons. The van der Waals surface area contributed by atoms with Gasteiger partial charge in [0.15, 0.2) is 11.2 Å². The normalized spacial score (nSPS) is 20.8. The number of anilines is 1. The van der Waals surface area contributed by atoms with Gasteiger partial charge in [-0.2, -0.15) is 0 Å². The van der Waals surface area contributed by atoms with E-state index in [1.807, 2.05) is 23.8 Å². The first kappa shape index (κ1) is 20.7. The third kappa shape index (κ3) is 3.11. The number of fused-ring (bicyclic) bond motifs is 6. The quantitative estimate of drug-likeness (QED) is 0.767. The van der Waals surface area contributed by atoms with E-state index >= 15 is 0 Å². The zero-order valence-electron chi connectivity index (χ0n) is 17.6. The van der Waals surface area contributed by atoms with Crippen molar-refractivity contribution >= 4 is 11.7 Å². The van der Waals surface area contributed by atoms with E-state index in [0.29, 0.717) is 30.0 Å². The van der Waals surface area contributed by atoms with Gasteiger partial charge in [-0.1, -0.05) is 0 Å². The summed E-state index contributed by atoms with van der Waals surface area (Å²) in [4.78, 5) is 25.9. The van der Waals surface area contributed by atoms with Crippen LogP contribution in [0, 0.1) is 0 Å². The van der Waals surface area contributed by atoms with Gasteiger partial charge in [-0.05, 0) is 50.8 Å². The molecular formula is C22H22F3N3O4. The van der Waals surface area contributed by atoms with Crippen LogP contribution in [0.15, 0.2) is 29.2 Å². The summed E-state index contributed by atoms with van der Waals surface area (Å²) in [5.41, 5.74) is 0.575. The first-order valence-electron chi connectivity index (χ1n) is 10.4. The van der Waals surface area contributed by atoms with Gasteiger partial charge < -0.3 is 14.7 Å². The van der Waals surface area contributed by atoms with Crippen molar-refractivity contribution in [2.45, 2.75) is 51.1 Å². The Bertz CT molecular complexity index is 1180. The smallest absolute Gasteiger partial charge is 0.477 e. The summed E-state index contributed by atoms with van der Waals surface area (Å²) < 4.78 is 45.7. The number of halogens is 3. The van der Waals surface area contributed by atoms with Crippen molar-refractivity contribution in [3.8, 4) is 17.0 Å². The Morgan fingerprint density at radius 1 is 1.19 bits per heavy atom. The lowest BCUT2D eigenvalue weighted by atomic mass is 9.76. The topological polar surface area (TPSA) is 75.0 Å². The Labute approximate surface area is 181 Å². The number of hydrogen-bond acceptors (Lipinski definition) is 5. The van der Waals surface area contributed by atoms with Crippen molar-refractivity contribution in [2.24, 2.45) is 0 Å². The molecule has 4 heterocycles. The fourth-order valence-electron chi connectivity index (χ4n) is 5.20. The number of ether oxygens (including phenoxy) is 1. The number of pyridine rings is 1. The zero-order chi connectivity index (χ0) is 23.0. The number of hydrogen-bond donors (Lipinski definition) is 1. The van der Waals surface area contributed by atoms with Gasteiger partial charge in [-0.15, -0.1) is 13.2 Å². The van der Waals surface area contributed by atoms with Crippen LogP contribution in [0.2, 0.25) is 0 Å². The number of aromatic carboxylic acids is 1. The minimum absolute atomic E-state index is 0.155. The molecule has 2 saturated heterocycles. The van der Waals surface area contributed by atoms with Crippen LogP contribution in [0.4, 0.5) is 18.9 Å². The first-order valence-corrected chi connectivity index (χ1v) is 10.4. The Morgan fingerprint density at radius 3 is 2.47 bits per heavy atom. The minimum Gasteiger partial charge on any atom is -0.477 e. The lowest BCUT2D eigenvalue weighted by Crippen LogP contribution is -2.65. The minimum atomic E-state index is -4.87. The number of carbonyl (C=O) groups is 1. The van der Waals surface area contributed by atoms with Gasteiger partial charge >= 0.3 is 12.3 Å². The molecule has 1 N–H and O–H groups in total. The van der Waals surface area contributed by atoms with Crippen molar-refractivity contribution in [1.82, 2.24) is 4.68 Å². The molecule has 2 aromatic rings. The van der Waals surface area contributed by atoms with E-state index in [9.17, 15) is 27.9 Å².